The molecule has 6 heteroatoms. The Hall–Kier alpha value is -1.46. The molecule has 2 rings (SSSR count). The number of carbonyl (C=O) groups excluding carboxylic acids is 1. The van der Waals surface area contributed by atoms with Crippen LogP contribution in [0.3, 0.4) is 0 Å². The lowest BCUT2D eigenvalue weighted by Crippen LogP contribution is -2.37. The molecule has 0 unspecified atom stereocenters. The molecule has 1 atom stereocenters. The molecule has 0 spiro atoms. The summed E-state index contributed by atoms with van der Waals surface area (Å²) in [4.78, 5) is 13.8. The summed E-state index contributed by atoms with van der Waals surface area (Å²) in [5.41, 5.74) is 0.890. The summed E-state index contributed by atoms with van der Waals surface area (Å²) in [6.07, 6.45) is 5.93. The average Bonchev–Trinajstić information content (AvgIpc) is 3.08. The summed E-state index contributed by atoms with van der Waals surface area (Å²) < 4.78 is 10.9. The molecule has 0 aromatic heterocycles. The topological polar surface area (TPSA) is 50.8 Å². The van der Waals surface area contributed by atoms with Crippen LogP contribution in [0, 0.1) is 0 Å². The van der Waals surface area contributed by atoms with Crippen molar-refractivity contribution in [2.24, 2.45) is 0 Å². The molecule has 2 amide bonds. The minimum absolute atomic E-state index is 0.0888. The van der Waals surface area contributed by atoms with Crippen molar-refractivity contribution < 1.29 is 14.3 Å². The maximum Gasteiger partial charge on any atom is 0.317 e. The summed E-state index contributed by atoms with van der Waals surface area (Å²) in [6, 6.07) is 5.33. The highest BCUT2D eigenvalue weighted by Gasteiger charge is 2.15. The van der Waals surface area contributed by atoms with E-state index >= 15 is 0 Å². The van der Waals surface area contributed by atoms with Crippen molar-refractivity contribution in [3.8, 4) is 5.75 Å². The molecule has 0 radical (unpaired) electrons. The standard InChI is InChI=1S/C18H27ClN2O3/c1-21(13-14-12-15(19)8-9-17(14)23-2)18(22)20-10-4-3-6-16-7-5-11-24-16/h8-9,12,16H,3-7,10-11,13H2,1-2H3,(H,20,22)/t16-/m0/s1. The van der Waals surface area contributed by atoms with Gasteiger partial charge in [0.2, 0.25) is 0 Å². The van der Waals surface area contributed by atoms with Crippen LogP contribution in [-0.2, 0) is 11.3 Å². The van der Waals surface area contributed by atoms with Crippen LogP contribution in [0.25, 0.3) is 0 Å². The fourth-order valence-corrected chi connectivity index (χ4v) is 3.09. The Morgan fingerprint density at radius 3 is 3.00 bits per heavy atom. The van der Waals surface area contributed by atoms with Crippen LogP contribution in [-0.4, -0.2) is 44.3 Å². The molecule has 1 aromatic rings. The lowest BCUT2D eigenvalue weighted by atomic mass is 10.1. The van der Waals surface area contributed by atoms with Gasteiger partial charge in [0.25, 0.3) is 0 Å². The molecule has 0 bridgehead atoms. The van der Waals surface area contributed by atoms with Crippen LogP contribution in [0.4, 0.5) is 4.79 Å². The number of hydrogen-bond donors (Lipinski definition) is 1. The van der Waals surface area contributed by atoms with E-state index in [0.29, 0.717) is 24.2 Å². The van der Waals surface area contributed by atoms with Crippen LogP contribution < -0.4 is 10.1 Å². The highest BCUT2D eigenvalue weighted by atomic mass is 35.5. The number of ether oxygens (including phenoxy) is 2. The minimum Gasteiger partial charge on any atom is -0.496 e. The van der Waals surface area contributed by atoms with Crippen molar-refractivity contribution >= 4 is 17.6 Å². The lowest BCUT2D eigenvalue weighted by Gasteiger charge is -2.19. The third-order valence-corrected chi connectivity index (χ3v) is 4.48. The van der Waals surface area contributed by atoms with Gasteiger partial charge in [-0.15, -0.1) is 0 Å². The molecule has 1 N–H and O–H groups in total. The third-order valence-electron chi connectivity index (χ3n) is 4.25. The summed E-state index contributed by atoms with van der Waals surface area (Å²) in [5.74, 6) is 0.732. The number of rotatable bonds is 8. The Labute approximate surface area is 149 Å². The van der Waals surface area contributed by atoms with E-state index < -0.39 is 0 Å². The number of nitrogens with one attached hydrogen (secondary N) is 1. The van der Waals surface area contributed by atoms with Gasteiger partial charge in [-0.1, -0.05) is 11.6 Å². The molecule has 0 saturated carbocycles. The Morgan fingerprint density at radius 1 is 1.46 bits per heavy atom. The van der Waals surface area contributed by atoms with Gasteiger partial charge in [0, 0.05) is 30.8 Å². The van der Waals surface area contributed by atoms with Crippen LogP contribution in [0.15, 0.2) is 18.2 Å². The Balaban J connectivity index is 1.69. The molecule has 1 aliphatic rings. The lowest BCUT2D eigenvalue weighted by molar-refractivity contribution is 0.102. The predicted molar refractivity (Wildman–Crippen MR) is 95.7 cm³/mol. The van der Waals surface area contributed by atoms with Gasteiger partial charge < -0.3 is 19.7 Å². The van der Waals surface area contributed by atoms with Crippen molar-refractivity contribution in [2.45, 2.75) is 44.8 Å². The largest absolute Gasteiger partial charge is 0.496 e. The molecule has 1 saturated heterocycles. The SMILES string of the molecule is COc1ccc(Cl)cc1CN(C)C(=O)NCCCC[C@H]1CCCO1. The van der Waals surface area contributed by atoms with Gasteiger partial charge in [-0.3, -0.25) is 0 Å². The number of benzene rings is 1. The van der Waals surface area contributed by atoms with Crippen LogP contribution >= 0.6 is 11.6 Å². The van der Waals surface area contributed by atoms with Crippen LogP contribution in [0.2, 0.25) is 5.02 Å². The van der Waals surface area contributed by atoms with E-state index in [1.807, 2.05) is 12.1 Å². The number of nitrogens with zero attached hydrogens (tertiary/aromatic N) is 1. The molecule has 24 heavy (non-hydrogen) atoms. The number of carbonyl (C=O) groups is 1. The van der Waals surface area contributed by atoms with Crippen molar-refractivity contribution in [1.82, 2.24) is 10.2 Å². The van der Waals surface area contributed by atoms with E-state index in [1.165, 1.54) is 12.8 Å². The second kappa shape index (κ2) is 9.74. The number of hydrogen-bond acceptors (Lipinski definition) is 3. The molecule has 1 aromatic carbocycles. The highest BCUT2D eigenvalue weighted by molar-refractivity contribution is 6.30. The first kappa shape index (κ1) is 18.9. The van der Waals surface area contributed by atoms with Crippen molar-refractivity contribution in [3.63, 3.8) is 0 Å². The molecule has 0 aliphatic carbocycles. The van der Waals surface area contributed by atoms with Crippen molar-refractivity contribution in [2.75, 3.05) is 27.3 Å². The first-order chi connectivity index (χ1) is 11.6. The average molecular weight is 355 g/mol. The molecule has 1 fully saturated rings. The van der Waals surface area contributed by atoms with E-state index in [4.69, 9.17) is 21.1 Å². The van der Waals surface area contributed by atoms with Gasteiger partial charge in [0.05, 0.1) is 19.8 Å². The van der Waals surface area contributed by atoms with Gasteiger partial charge >= 0.3 is 6.03 Å². The number of amides is 2. The second-order valence-corrected chi connectivity index (χ2v) is 6.61. The predicted octanol–water partition coefficient (Wildman–Crippen LogP) is 3.84. The Bertz CT molecular complexity index is 533. The van der Waals surface area contributed by atoms with E-state index in [2.05, 4.69) is 5.32 Å². The molecule has 1 aliphatic heterocycles. The molecule has 1 heterocycles. The summed E-state index contributed by atoms with van der Waals surface area (Å²) in [6.45, 7) is 2.03. The van der Waals surface area contributed by atoms with Crippen molar-refractivity contribution in [3.05, 3.63) is 28.8 Å². The second-order valence-electron chi connectivity index (χ2n) is 6.17. The Morgan fingerprint density at radius 2 is 2.29 bits per heavy atom. The fraction of sp³-hybridized carbons (Fsp3) is 0.611. The number of methoxy groups -OCH3 is 1. The monoisotopic (exact) mass is 354 g/mol. The fourth-order valence-electron chi connectivity index (χ4n) is 2.90. The van der Waals surface area contributed by atoms with Crippen molar-refractivity contribution in [1.29, 1.82) is 0 Å². The van der Waals surface area contributed by atoms with Gasteiger partial charge in [0.15, 0.2) is 0 Å². The molecular weight excluding hydrogens is 328 g/mol. The van der Waals surface area contributed by atoms with Gasteiger partial charge in [0.1, 0.15) is 5.75 Å². The van der Waals surface area contributed by atoms with E-state index in [1.54, 1.807) is 25.1 Å². The third kappa shape index (κ3) is 5.87. The smallest absolute Gasteiger partial charge is 0.317 e. The van der Waals surface area contributed by atoms with E-state index in [9.17, 15) is 4.79 Å². The molecule has 5 nitrogen and oxygen atoms in total. The summed E-state index contributed by atoms with van der Waals surface area (Å²) >= 11 is 6.02. The normalized spacial score (nSPS) is 16.9. The van der Waals surface area contributed by atoms with Gasteiger partial charge in [-0.2, -0.15) is 0 Å². The number of halogens is 1. The zero-order valence-corrected chi connectivity index (χ0v) is 15.3. The number of unbranched alkanes of at least 4 members (excludes halogenated alkanes) is 1. The highest BCUT2D eigenvalue weighted by Crippen LogP contribution is 2.23. The van der Waals surface area contributed by atoms with E-state index in [-0.39, 0.29) is 6.03 Å². The van der Waals surface area contributed by atoms with Gasteiger partial charge in [-0.05, 0) is 50.3 Å². The maximum atomic E-state index is 12.2. The zero-order chi connectivity index (χ0) is 17.4. The van der Waals surface area contributed by atoms with Crippen LogP contribution in [0.1, 0.15) is 37.7 Å². The summed E-state index contributed by atoms with van der Waals surface area (Å²) in [5, 5.41) is 3.59. The zero-order valence-electron chi connectivity index (χ0n) is 14.5. The maximum absolute atomic E-state index is 12.2. The number of urea groups is 1. The Kier molecular flexibility index (Phi) is 7.66. The molecular formula is C18H27ClN2O3. The van der Waals surface area contributed by atoms with Gasteiger partial charge in [-0.25, -0.2) is 4.79 Å². The van der Waals surface area contributed by atoms with Crippen LogP contribution in [0.5, 0.6) is 5.75 Å². The first-order valence-corrected chi connectivity index (χ1v) is 8.91. The van der Waals surface area contributed by atoms with E-state index in [0.717, 1.165) is 37.2 Å². The first-order valence-electron chi connectivity index (χ1n) is 8.53. The minimum atomic E-state index is -0.0888. The molecule has 134 valence electrons. The summed E-state index contributed by atoms with van der Waals surface area (Å²) in [7, 11) is 3.38. The quantitative estimate of drug-likeness (QED) is 0.721.